The van der Waals surface area contributed by atoms with E-state index in [9.17, 15) is 9.59 Å². The van der Waals surface area contributed by atoms with Crippen molar-refractivity contribution >= 4 is 34.5 Å². The number of anilines is 2. The van der Waals surface area contributed by atoms with Crippen LogP contribution in [0.15, 0.2) is 72.2 Å². The highest BCUT2D eigenvalue weighted by molar-refractivity contribution is 7.12. The number of amides is 2. The third-order valence-corrected chi connectivity index (χ3v) is 6.33. The van der Waals surface area contributed by atoms with E-state index < -0.39 is 0 Å². The zero-order valence-electron chi connectivity index (χ0n) is 16.9. The molecule has 1 aliphatic rings. The van der Waals surface area contributed by atoms with Crippen LogP contribution >= 0.6 is 11.3 Å². The van der Waals surface area contributed by atoms with E-state index in [0.29, 0.717) is 22.7 Å². The van der Waals surface area contributed by atoms with Gasteiger partial charge in [0.2, 0.25) is 0 Å². The van der Waals surface area contributed by atoms with Crippen molar-refractivity contribution in [2.45, 2.75) is 13.3 Å². The van der Waals surface area contributed by atoms with Crippen molar-refractivity contribution in [1.29, 1.82) is 0 Å². The summed E-state index contributed by atoms with van der Waals surface area (Å²) < 4.78 is 1.75. The van der Waals surface area contributed by atoms with Crippen LogP contribution in [-0.2, 0) is 6.42 Å². The first kappa shape index (κ1) is 19.3. The molecule has 5 rings (SSSR count). The molecule has 0 fully saturated rings. The van der Waals surface area contributed by atoms with Crippen molar-refractivity contribution in [3.63, 3.8) is 0 Å². The molecular formula is C24H20N4O2S. The Kier molecular flexibility index (Phi) is 4.88. The minimum Gasteiger partial charge on any atom is -0.322 e. The Hall–Kier alpha value is -3.71. The SMILES string of the molecule is Cc1c(C(=O)Nc2ccc3c(c2)N(C(=O)c2cccs2)CC3)cnn1-c1ccccc1. The van der Waals surface area contributed by atoms with E-state index in [0.717, 1.165) is 29.1 Å². The van der Waals surface area contributed by atoms with Gasteiger partial charge in [0, 0.05) is 17.9 Å². The summed E-state index contributed by atoms with van der Waals surface area (Å²) in [6.45, 7) is 2.52. The standard InChI is InChI=1S/C24H20N4O2S/c1-16-20(15-25-28(16)19-6-3-2-4-7-19)23(29)26-18-10-9-17-11-12-27(21(17)14-18)24(30)22-8-5-13-31-22/h2-10,13-15H,11-12H2,1H3,(H,26,29). The molecule has 7 heteroatoms. The molecule has 0 atom stereocenters. The molecule has 3 heterocycles. The quantitative estimate of drug-likeness (QED) is 0.512. The van der Waals surface area contributed by atoms with E-state index in [1.807, 2.05) is 73.0 Å². The number of hydrogen-bond acceptors (Lipinski definition) is 4. The number of nitrogens with one attached hydrogen (secondary N) is 1. The average Bonchev–Trinajstić information content (AvgIpc) is 3.53. The molecule has 0 saturated heterocycles. The van der Waals surface area contributed by atoms with E-state index in [2.05, 4.69) is 10.4 Å². The third kappa shape index (κ3) is 3.53. The lowest BCUT2D eigenvalue weighted by molar-refractivity contribution is 0.0991. The second-order valence-electron chi connectivity index (χ2n) is 7.37. The van der Waals surface area contributed by atoms with E-state index in [1.54, 1.807) is 15.8 Å². The predicted octanol–water partition coefficient (Wildman–Crippen LogP) is 4.70. The number of benzene rings is 2. The van der Waals surface area contributed by atoms with Gasteiger partial charge in [-0.05, 0) is 54.6 Å². The van der Waals surface area contributed by atoms with Crippen LogP contribution in [0.3, 0.4) is 0 Å². The summed E-state index contributed by atoms with van der Waals surface area (Å²) >= 11 is 1.44. The maximum absolute atomic E-state index is 12.9. The Balaban J connectivity index is 1.38. The van der Waals surface area contributed by atoms with Gasteiger partial charge in [0.05, 0.1) is 28.0 Å². The molecule has 0 spiro atoms. The molecule has 0 saturated carbocycles. The molecule has 6 nitrogen and oxygen atoms in total. The Morgan fingerprint density at radius 1 is 1.06 bits per heavy atom. The van der Waals surface area contributed by atoms with Crippen LogP contribution in [-0.4, -0.2) is 28.1 Å². The molecule has 2 aromatic heterocycles. The Morgan fingerprint density at radius 2 is 1.90 bits per heavy atom. The van der Waals surface area contributed by atoms with Crippen LogP contribution in [0.25, 0.3) is 5.69 Å². The van der Waals surface area contributed by atoms with Crippen molar-refractivity contribution in [2.24, 2.45) is 0 Å². The van der Waals surface area contributed by atoms with Crippen LogP contribution in [0, 0.1) is 6.92 Å². The van der Waals surface area contributed by atoms with Crippen molar-refractivity contribution in [3.8, 4) is 5.69 Å². The van der Waals surface area contributed by atoms with Gasteiger partial charge in [-0.2, -0.15) is 5.10 Å². The van der Waals surface area contributed by atoms with Crippen LogP contribution < -0.4 is 10.2 Å². The summed E-state index contributed by atoms with van der Waals surface area (Å²) in [5, 5.41) is 9.24. The molecule has 0 radical (unpaired) electrons. The minimum atomic E-state index is -0.228. The van der Waals surface area contributed by atoms with Crippen molar-refractivity contribution in [3.05, 3.63) is 93.9 Å². The zero-order chi connectivity index (χ0) is 21.4. The van der Waals surface area contributed by atoms with Crippen LogP contribution in [0.1, 0.15) is 31.3 Å². The van der Waals surface area contributed by atoms with E-state index in [4.69, 9.17) is 0 Å². The largest absolute Gasteiger partial charge is 0.322 e. The smallest absolute Gasteiger partial charge is 0.268 e. The fraction of sp³-hybridized carbons (Fsp3) is 0.125. The fourth-order valence-corrected chi connectivity index (χ4v) is 4.53. The number of thiophene rings is 1. The number of para-hydroxylation sites is 1. The number of fused-ring (bicyclic) bond motifs is 1. The average molecular weight is 429 g/mol. The Bertz CT molecular complexity index is 1260. The number of nitrogens with zero attached hydrogens (tertiary/aromatic N) is 3. The molecule has 31 heavy (non-hydrogen) atoms. The van der Waals surface area contributed by atoms with Crippen LogP contribution in [0.5, 0.6) is 0 Å². The monoisotopic (exact) mass is 428 g/mol. The second-order valence-corrected chi connectivity index (χ2v) is 8.32. The third-order valence-electron chi connectivity index (χ3n) is 5.47. The van der Waals surface area contributed by atoms with Gasteiger partial charge in [-0.25, -0.2) is 4.68 Å². The molecule has 1 aliphatic heterocycles. The fourth-order valence-electron chi connectivity index (χ4n) is 3.86. The summed E-state index contributed by atoms with van der Waals surface area (Å²) in [4.78, 5) is 28.3. The van der Waals surface area contributed by atoms with E-state index >= 15 is 0 Å². The molecular weight excluding hydrogens is 408 g/mol. The summed E-state index contributed by atoms with van der Waals surface area (Å²) in [5.74, 6) is -0.231. The summed E-state index contributed by atoms with van der Waals surface area (Å²) in [5.41, 5.74) is 4.79. The van der Waals surface area contributed by atoms with Gasteiger partial charge in [0.15, 0.2) is 0 Å². The normalized spacial score (nSPS) is 12.6. The number of carbonyl (C=O) groups excluding carboxylic acids is 2. The first-order valence-corrected chi connectivity index (χ1v) is 10.9. The van der Waals surface area contributed by atoms with Gasteiger partial charge >= 0.3 is 0 Å². The maximum atomic E-state index is 12.9. The molecule has 1 N–H and O–H groups in total. The van der Waals surface area contributed by atoms with Gasteiger partial charge in [-0.15, -0.1) is 11.3 Å². The number of carbonyl (C=O) groups is 2. The summed E-state index contributed by atoms with van der Waals surface area (Å²) in [7, 11) is 0. The predicted molar refractivity (Wildman–Crippen MR) is 122 cm³/mol. The molecule has 154 valence electrons. The molecule has 0 bridgehead atoms. The van der Waals surface area contributed by atoms with Gasteiger partial charge < -0.3 is 10.2 Å². The highest BCUT2D eigenvalue weighted by atomic mass is 32.1. The van der Waals surface area contributed by atoms with Gasteiger partial charge in [0.1, 0.15) is 0 Å². The number of rotatable bonds is 4. The van der Waals surface area contributed by atoms with Gasteiger partial charge in [-0.3, -0.25) is 9.59 Å². The zero-order valence-corrected chi connectivity index (χ0v) is 17.7. The first-order chi connectivity index (χ1) is 15.1. The van der Waals surface area contributed by atoms with E-state index in [-0.39, 0.29) is 11.8 Å². The van der Waals surface area contributed by atoms with E-state index in [1.165, 1.54) is 11.3 Å². The topological polar surface area (TPSA) is 67.2 Å². The molecule has 0 aliphatic carbocycles. The summed E-state index contributed by atoms with van der Waals surface area (Å²) in [6.07, 6.45) is 2.39. The molecule has 2 amide bonds. The first-order valence-electron chi connectivity index (χ1n) is 10.0. The molecule has 4 aromatic rings. The second kappa shape index (κ2) is 7.85. The lowest BCUT2D eigenvalue weighted by Gasteiger charge is -2.17. The Morgan fingerprint density at radius 3 is 2.68 bits per heavy atom. The minimum absolute atomic E-state index is 0.00258. The molecule has 0 unspecified atom stereocenters. The highest BCUT2D eigenvalue weighted by Gasteiger charge is 2.26. The van der Waals surface area contributed by atoms with Gasteiger partial charge in [0.25, 0.3) is 11.8 Å². The maximum Gasteiger partial charge on any atom is 0.268 e. The van der Waals surface area contributed by atoms with Crippen molar-refractivity contribution < 1.29 is 9.59 Å². The molecule has 2 aromatic carbocycles. The number of aromatic nitrogens is 2. The van der Waals surface area contributed by atoms with Crippen LogP contribution in [0.4, 0.5) is 11.4 Å². The number of hydrogen-bond donors (Lipinski definition) is 1. The van der Waals surface area contributed by atoms with Crippen molar-refractivity contribution in [2.75, 3.05) is 16.8 Å². The van der Waals surface area contributed by atoms with Crippen LogP contribution in [0.2, 0.25) is 0 Å². The summed E-state index contributed by atoms with van der Waals surface area (Å²) in [6, 6.07) is 19.2. The van der Waals surface area contributed by atoms with Crippen molar-refractivity contribution in [1.82, 2.24) is 9.78 Å². The lowest BCUT2D eigenvalue weighted by atomic mass is 10.1. The van der Waals surface area contributed by atoms with Gasteiger partial charge in [-0.1, -0.05) is 30.3 Å². The lowest BCUT2D eigenvalue weighted by Crippen LogP contribution is -2.28. The highest BCUT2D eigenvalue weighted by Crippen LogP contribution is 2.33. The Labute approximate surface area is 183 Å².